The topological polar surface area (TPSA) is 9.86 Å². The Bertz CT molecular complexity index is 1680. The minimum atomic E-state index is -1.60. The van der Waals surface area contributed by atoms with Crippen LogP contribution in [0.4, 0.5) is 0 Å². The summed E-state index contributed by atoms with van der Waals surface area (Å²) in [6.45, 7) is 20.9. The van der Waals surface area contributed by atoms with Crippen LogP contribution in [-0.4, -0.2) is 9.13 Å². The van der Waals surface area contributed by atoms with Crippen molar-refractivity contribution in [2.45, 2.75) is 86.0 Å². The van der Waals surface area contributed by atoms with Gasteiger partial charge >= 0.3 is 266 Å². The SMILES string of the molecule is Cc1[c]([Pd-2]([Br])=[c]2n(-c3c(C(C)C)cccc3C(C)C)ccn2-c2c(C(C)C)cccc2C(C)C)ccc2ccccc12. The van der Waals surface area contributed by atoms with Crippen molar-refractivity contribution in [3.8, 4) is 11.4 Å². The fourth-order valence-electron chi connectivity index (χ4n) is 6.01. The second kappa shape index (κ2) is 12.6. The van der Waals surface area contributed by atoms with Crippen LogP contribution in [0.25, 0.3) is 22.1 Å². The van der Waals surface area contributed by atoms with Gasteiger partial charge in [-0.05, 0) is 0 Å². The molecule has 5 rings (SSSR count). The molecule has 0 radical (unpaired) electrons. The number of benzene rings is 4. The van der Waals surface area contributed by atoms with E-state index in [2.05, 4.69) is 170 Å². The molecule has 4 heteroatoms. The Morgan fingerprint density at radius 1 is 0.548 bits per heavy atom. The zero-order valence-corrected chi connectivity index (χ0v) is 29.6. The van der Waals surface area contributed by atoms with Crippen LogP contribution in [0.2, 0.25) is 0 Å². The predicted octanol–water partition coefficient (Wildman–Crippen LogP) is 11.0. The number of para-hydroxylation sites is 2. The minimum absolute atomic E-state index is 0.409. The van der Waals surface area contributed by atoms with Crippen LogP contribution in [0, 0.1) is 10.8 Å². The molecule has 0 amide bonds. The van der Waals surface area contributed by atoms with Crippen molar-refractivity contribution in [1.82, 2.24) is 9.13 Å². The number of halogens is 1. The summed E-state index contributed by atoms with van der Waals surface area (Å²) in [5, 5.41) is 2.63. The van der Waals surface area contributed by atoms with E-state index in [1.807, 2.05) is 0 Å². The first-order valence-corrected chi connectivity index (χ1v) is 20.3. The summed E-state index contributed by atoms with van der Waals surface area (Å²) in [6, 6.07) is 27.2. The van der Waals surface area contributed by atoms with Crippen molar-refractivity contribution >= 4 is 28.2 Å². The number of fused-ring (bicyclic) bond motifs is 1. The third kappa shape index (κ3) is 5.59. The van der Waals surface area contributed by atoms with Crippen LogP contribution >= 0.6 is 13.4 Å². The third-order valence-corrected chi connectivity index (χ3v) is 14.1. The molecule has 0 saturated carbocycles. The Morgan fingerprint density at radius 2 is 0.976 bits per heavy atom. The zero-order valence-electron chi connectivity index (χ0n) is 26.5. The van der Waals surface area contributed by atoms with E-state index in [4.69, 9.17) is 0 Å². The van der Waals surface area contributed by atoms with E-state index >= 15 is 0 Å². The first-order valence-electron chi connectivity index (χ1n) is 15.2. The molecular formula is C38H45BrN2Pd-2. The molecule has 0 fully saturated rings. The van der Waals surface area contributed by atoms with E-state index in [0.717, 1.165) is 0 Å². The summed E-state index contributed by atoms with van der Waals surface area (Å²) in [6.07, 6.45) is 4.66. The number of aryl methyl sites for hydroxylation is 1. The summed E-state index contributed by atoms with van der Waals surface area (Å²) in [5.41, 5.74) is 9.63. The Labute approximate surface area is 264 Å². The second-order valence-corrected chi connectivity index (χ2v) is 18.0. The molecule has 0 aliphatic heterocycles. The van der Waals surface area contributed by atoms with E-state index in [1.165, 1.54) is 57.9 Å². The van der Waals surface area contributed by atoms with Gasteiger partial charge in [0.1, 0.15) is 0 Å². The molecule has 0 aliphatic carbocycles. The second-order valence-electron chi connectivity index (χ2n) is 12.5. The van der Waals surface area contributed by atoms with Crippen molar-refractivity contribution < 1.29 is 14.3 Å². The summed E-state index contributed by atoms with van der Waals surface area (Å²) in [5.74, 6) is 1.64. The maximum atomic E-state index is 4.43. The molecule has 0 bridgehead atoms. The molecule has 0 saturated heterocycles. The molecule has 1 heterocycles. The molecule has 0 N–H and O–H groups in total. The van der Waals surface area contributed by atoms with Crippen molar-refractivity contribution in [3.63, 3.8) is 0 Å². The fourth-order valence-corrected chi connectivity index (χ4v) is 11.7. The van der Waals surface area contributed by atoms with Gasteiger partial charge in [0.25, 0.3) is 0 Å². The average Bonchev–Trinajstić information content (AvgIpc) is 3.40. The summed E-state index contributed by atoms with van der Waals surface area (Å²) >= 11 is 2.82. The maximum absolute atomic E-state index is 4.43. The van der Waals surface area contributed by atoms with E-state index in [0.29, 0.717) is 23.7 Å². The number of hydrogen-bond acceptors (Lipinski definition) is 0. The van der Waals surface area contributed by atoms with Crippen LogP contribution in [0.1, 0.15) is 107 Å². The molecule has 4 aromatic carbocycles. The number of aromatic nitrogens is 2. The Morgan fingerprint density at radius 3 is 1.40 bits per heavy atom. The summed E-state index contributed by atoms with van der Waals surface area (Å²) in [7, 11) is 0. The van der Waals surface area contributed by atoms with Crippen LogP contribution in [0.5, 0.6) is 0 Å². The molecule has 0 atom stereocenters. The molecule has 2 nitrogen and oxygen atoms in total. The van der Waals surface area contributed by atoms with Crippen molar-refractivity contribution in [1.29, 1.82) is 0 Å². The average molecular weight is 716 g/mol. The molecule has 0 aliphatic rings. The van der Waals surface area contributed by atoms with Crippen LogP contribution in [0.3, 0.4) is 0 Å². The first kappa shape index (κ1) is 30.9. The predicted molar refractivity (Wildman–Crippen MR) is 182 cm³/mol. The standard InChI is InChI=1S/C27H36N2.C11H9.BrH.Pd/c1-18(2)22-11-9-12-23(19(3)4)26(22)28-15-16-29(17-28)27-24(20(5)6)13-10-14-25(27)21(7)8;1-9-5-4-7-10-6-2-3-8-11(9)10;;/h9-16,18-21H,1-8H3;2-4,6-8H,1H3;1H;/q;;;-1/p-1. The normalized spacial score (nSPS) is 12.4. The number of rotatable bonds is 7. The van der Waals surface area contributed by atoms with E-state index in [-0.39, 0.29) is 0 Å². The van der Waals surface area contributed by atoms with E-state index < -0.39 is 14.3 Å². The van der Waals surface area contributed by atoms with Crippen molar-refractivity contribution in [2.75, 3.05) is 0 Å². The van der Waals surface area contributed by atoms with Gasteiger partial charge in [-0.25, -0.2) is 0 Å². The van der Waals surface area contributed by atoms with Gasteiger partial charge < -0.3 is 0 Å². The molecule has 42 heavy (non-hydrogen) atoms. The van der Waals surface area contributed by atoms with Crippen LogP contribution in [-0.2, 0) is 14.3 Å². The number of nitrogens with zero attached hydrogens (tertiary/aromatic N) is 2. The third-order valence-electron chi connectivity index (χ3n) is 8.27. The molecule has 1 aromatic heterocycles. The van der Waals surface area contributed by atoms with Gasteiger partial charge in [-0.15, -0.1) is 0 Å². The summed E-state index contributed by atoms with van der Waals surface area (Å²) < 4.78 is 7.82. The first-order chi connectivity index (χ1) is 20.0. The Balaban J connectivity index is 2.00. The van der Waals surface area contributed by atoms with E-state index in [1.54, 1.807) is 0 Å². The fraction of sp³-hybridized carbons (Fsp3) is 0.342. The van der Waals surface area contributed by atoms with Gasteiger partial charge in [-0.2, -0.15) is 0 Å². The molecule has 226 valence electrons. The van der Waals surface area contributed by atoms with Gasteiger partial charge in [0.05, 0.1) is 0 Å². The monoisotopic (exact) mass is 714 g/mol. The van der Waals surface area contributed by atoms with Crippen LogP contribution < -0.4 is 4.04 Å². The van der Waals surface area contributed by atoms with Crippen molar-refractivity contribution in [2.24, 2.45) is 0 Å². The quantitative estimate of drug-likeness (QED) is 0.149. The van der Waals surface area contributed by atoms with Gasteiger partial charge in [-0.3, -0.25) is 0 Å². The Kier molecular flexibility index (Phi) is 9.29. The molecule has 5 aromatic rings. The van der Waals surface area contributed by atoms with Crippen molar-refractivity contribution in [3.05, 3.63) is 117 Å². The van der Waals surface area contributed by atoms with Gasteiger partial charge in [0.2, 0.25) is 0 Å². The van der Waals surface area contributed by atoms with Crippen LogP contribution in [0.15, 0.2) is 85.2 Å². The number of imidazole rings is 1. The Hall–Kier alpha value is -2.51. The molecule has 0 spiro atoms. The summed E-state index contributed by atoms with van der Waals surface area (Å²) in [4.78, 5) is 0. The number of hydrogen-bond donors (Lipinski definition) is 0. The molecular weight excluding hydrogens is 671 g/mol. The molecule has 0 unspecified atom stereocenters. The zero-order chi connectivity index (χ0) is 30.3. The van der Waals surface area contributed by atoms with Gasteiger partial charge in [0.15, 0.2) is 0 Å². The van der Waals surface area contributed by atoms with E-state index in [9.17, 15) is 0 Å². The van der Waals surface area contributed by atoms with Gasteiger partial charge in [-0.1, -0.05) is 0 Å². The van der Waals surface area contributed by atoms with Gasteiger partial charge in [0, 0.05) is 0 Å².